The summed E-state index contributed by atoms with van der Waals surface area (Å²) in [6.07, 6.45) is 0. The number of guanidine groups is 1. The molecule has 1 atom stereocenters. The molecule has 0 aliphatic carbocycles. The predicted octanol–water partition coefficient (Wildman–Crippen LogP) is 0.0186. The maximum Gasteiger partial charge on any atom is 0.215 e. The number of rotatable bonds is 3. The van der Waals surface area contributed by atoms with Crippen LogP contribution in [0, 0.1) is 5.92 Å². The van der Waals surface area contributed by atoms with Gasteiger partial charge in [0.1, 0.15) is 0 Å². The number of aliphatic hydroxyl groups excluding tert-OH is 1. The van der Waals surface area contributed by atoms with Crippen molar-refractivity contribution in [1.82, 2.24) is 0 Å². The number of hydrogen-bond donors (Lipinski definition) is 2. The molecule has 0 fully saturated rings. The van der Waals surface area contributed by atoms with Gasteiger partial charge in [0.2, 0.25) is 5.96 Å². The quantitative estimate of drug-likeness (QED) is 0.448. The largest absolute Gasteiger partial charge is 0.394 e. The molecule has 11 heavy (non-hydrogen) atoms. The fourth-order valence-corrected chi connectivity index (χ4v) is 0.611. The van der Waals surface area contributed by atoms with Gasteiger partial charge in [-0.15, -0.1) is 0 Å². The Bertz CT molecular complexity index is 154. The van der Waals surface area contributed by atoms with Crippen molar-refractivity contribution >= 4 is 12.7 Å². The van der Waals surface area contributed by atoms with Crippen LogP contribution in [0.5, 0.6) is 0 Å². The van der Waals surface area contributed by atoms with Crippen molar-refractivity contribution < 1.29 is 5.11 Å². The Hall–Kier alpha value is -0.900. The Balaban J connectivity index is 4.16. The smallest absolute Gasteiger partial charge is 0.215 e. The zero-order valence-corrected chi connectivity index (χ0v) is 6.99. The van der Waals surface area contributed by atoms with Gasteiger partial charge in [-0.1, -0.05) is 13.8 Å². The summed E-state index contributed by atoms with van der Waals surface area (Å²) in [5.74, 6) is 0.401. The summed E-state index contributed by atoms with van der Waals surface area (Å²) in [5.41, 5.74) is 5.30. The molecule has 0 aromatic carbocycles. The van der Waals surface area contributed by atoms with E-state index in [0.29, 0.717) is 0 Å². The molecule has 0 aliphatic heterocycles. The third-order valence-electron chi connectivity index (χ3n) is 1.42. The minimum atomic E-state index is -0.166. The second-order valence-electron chi connectivity index (χ2n) is 2.64. The van der Waals surface area contributed by atoms with E-state index in [9.17, 15) is 0 Å². The van der Waals surface area contributed by atoms with E-state index in [2.05, 4.69) is 16.7 Å². The van der Waals surface area contributed by atoms with E-state index in [0.717, 1.165) is 0 Å². The fraction of sp³-hybridized carbons (Fsp3) is 0.714. The lowest BCUT2D eigenvalue weighted by atomic mass is 10.1. The number of hydrogen-bond acceptors (Lipinski definition) is 2. The number of aliphatic hydroxyl groups is 1. The molecule has 0 heterocycles. The average Bonchev–Trinajstić information content (AvgIpc) is 1.99. The van der Waals surface area contributed by atoms with Gasteiger partial charge in [0.05, 0.1) is 12.6 Å². The van der Waals surface area contributed by atoms with E-state index in [-0.39, 0.29) is 24.5 Å². The lowest BCUT2D eigenvalue weighted by Crippen LogP contribution is -2.22. The summed E-state index contributed by atoms with van der Waals surface area (Å²) in [6.45, 7) is 7.13. The highest BCUT2D eigenvalue weighted by molar-refractivity contribution is 5.82. The summed E-state index contributed by atoms with van der Waals surface area (Å²) < 4.78 is 0. The van der Waals surface area contributed by atoms with Gasteiger partial charge in [-0.05, 0) is 12.6 Å². The first-order chi connectivity index (χ1) is 5.11. The molecule has 3 N–H and O–H groups in total. The Labute approximate surface area is 66.9 Å². The summed E-state index contributed by atoms with van der Waals surface area (Å²) in [7, 11) is 0. The Morgan fingerprint density at radius 2 is 2.18 bits per heavy atom. The minimum absolute atomic E-state index is 0.00606. The molecule has 0 unspecified atom stereocenters. The molecule has 0 saturated heterocycles. The molecule has 4 heteroatoms. The topological polar surface area (TPSA) is 71.0 Å². The van der Waals surface area contributed by atoms with Gasteiger partial charge in [-0.2, -0.15) is 0 Å². The molecule has 64 valence electrons. The molecule has 0 spiro atoms. The van der Waals surface area contributed by atoms with Gasteiger partial charge in [0.15, 0.2) is 0 Å². The first kappa shape index (κ1) is 10.1. The van der Waals surface area contributed by atoms with Gasteiger partial charge in [0.25, 0.3) is 0 Å². The third-order valence-corrected chi connectivity index (χ3v) is 1.42. The van der Waals surface area contributed by atoms with Gasteiger partial charge in [-0.25, -0.2) is 9.98 Å². The number of nitrogens with zero attached hydrogens (tertiary/aromatic N) is 2. The predicted molar refractivity (Wildman–Crippen MR) is 46.9 cm³/mol. The zero-order valence-electron chi connectivity index (χ0n) is 6.99. The normalized spacial score (nSPS) is 15.1. The van der Waals surface area contributed by atoms with Crippen molar-refractivity contribution in [2.24, 2.45) is 21.6 Å². The monoisotopic (exact) mass is 157 g/mol. The molecule has 4 nitrogen and oxygen atoms in total. The third kappa shape index (κ3) is 3.72. The SMILES string of the molecule is C=NC(N)=N[C@@H](CO)C(C)C. The van der Waals surface area contributed by atoms with Crippen LogP contribution in [0.25, 0.3) is 0 Å². The standard InChI is InChI=1S/C7H15N3O/c1-5(2)6(4-11)10-7(8)9-3/h5-6,11H,3-4H2,1-2H3,(H2,8,10)/t6-/m0/s1. The van der Waals surface area contributed by atoms with E-state index < -0.39 is 0 Å². The molecule has 0 bridgehead atoms. The second kappa shape index (κ2) is 4.85. The van der Waals surface area contributed by atoms with Crippen LogP contribution in [-0.4, -0.2) is 30.4 Å². The second-order valence-corrected chi connectivity index (χ2v) is 2.64. The van der Waals surface area contributed by atoms with E-state index in [1.807, 2.05) is 13.8 Å². The highest BCUT2D eigenvalue weighted by atomic mass is 16.3. The number of aliphatic imine (C=N–C) groups is 2. The van der Waals surface area contributed by atoms with Crippen molar-refractivity contribution in [3.8, 4) is 0 Å². The zero-order chi connectivity index (χ0) is 8.85. The molecule has 0 aliphatic rings. The lowest BCUT2D eigenvalue weighted by molar-refractivity contribution is 0.240. The number of nitrogens with two attached hydrogens (primary N) is 1. The molecule has 0 amide bonds. The van der Waals surface area contributed by atoms with Crippen LogP contribution in [-0.2, 0) is 0 Å². The van der Waals surface area contributed by atoms with Crippen LogP contribution >= 0.6 is 0 Å². The van der Waals surface area contributed by atoms with Crippen molar-refractivity contribution in [3.63, 3.8) is 0 Å². The van der Waals surface area contributed by atoms with Crippen LogP contribution in [0.3, 0.4) is 0 Å². The van der Waals surface area contributed by atoms with Crippen molar-refractivity contribution in [2.45, 2.75) is 19.9 Å². The maximum atomic E-state index is 8.82. The molecule has 0 aromatic heterocycles. The van der Waals surface area contributed by atoms with Gasteiger partial charge < -0.3 is 10.8 Å². The fourth-order valence-electron chi connectivity index (χ4n) is 0.611. The highest BCUT2D eigenvalue weighted by Gasteiger charge is 2.09. The summed E-state index contributed by atoms with van der Waals surface area (Å²) in [4.78, 5) is 7.35. The molecular weight excluding hydrogens is 142 g/mol. The van der Waals surface area contributed by atoms with Crippen molar-refractivity contribution in [2.75, 3.05) is 6.61 Å². The molecule has 0 aromatic rings. The van der Waals surface area contributed by atoms with Crippen LogP contribution in [0.15, 0.2) is 9.98 Å². The Kier molecular flexibility index (Phi) is 4.45. The van der Waals surface area contributed by atoms with Gasteiger partial charge >= 0.3 is 0 Å². The van der Waals surface area contributed by atoms with E-state index in [1.54, 1.807) is 0 Å². The summed E-state index contributed by atoms with van der Waals surface area (Å²) in [6, 6.07) is -0.166. The molecule has 0 saturated carbocycles. The van der Waals surface area contributed by atoms with Crippen molar-refractivity contribution in [3.05, 3.63) is 0 Å². The van der Waals surface area contributed by atoms with Crippen LogP contribution < -0.4 is 5.73 Å². The first-order valence-corrected chi connectivity index (χ1v) is 3.52. The molecular formula is C7H15N3O. The average molecular weight is 157 g/mol. The van der Waals surface area contributed by atoms with Crippen LogP contribution in [0.4, 0.5) is 0 Å². The minimum Gasteiger partial charge on any atom is -0.394 e. The highest BCUT2D eigenvalue weighted by Crippen LogP contribution is 2.04. The van der Waals surface area contributed by atoms with E-state index >= 15 is 0 Å². The Morgan fingerprint density at radius 1 is 1.64 bits per heavy atom. The van der Waals surface area contributed by atoms with Crippen LogP contribution in [0.1, 0.15) is 13.8 Å². The summed E-state index contributed by atoms with van der Waals surface area (Å²) in [5, 5.41) is 8.82. The van der Waals surface area contributed by atoms with Crippen molar-refractivity contribution in [1.29, 1.82) is 0 Å². The van der Waals surface area contributed by atoms with E-state index in [4.69, 9.17) is 10.8 Å². The first-order valence-electron chi connectivity index (χ1n) is 3.52. The Morgan fingerprint density at radius 3 is 2.45 bits per heavy atom. The summed E-state index contributed by atoms with van der Waals surface area (Å²) >= 11 is 0. The lowest BCUT2D eigenvalue weighted by Gasteiger charge is -2.12. The molecule has 0 rings (SSSR count). The van der Waals surface area contributed by atoms with Gasteiger partial charge in [0, 0.05) is 0 Å². The van der Waals surface area contributed by atoms with Gasteiger partial charge in [-0.3, -0.25) is 0 Å². The molecule has 0 radical (unpaired) electrons. The van der Waals surface area contributed by atoms with E-state index in [1.165, 1.54) is 0 Å². The van der Waals surface area contributed by atoms with Crippen LogP contribution in [0.2, 0.25) is 0 Å². The maximum absolute atomic E-state index is 8.82.